The van der Waals surface area contributed by atoms with Gasteiger partial charge in [0.2, 0.25) is 0 Å². The van der Waals surface area contributed by atoms with Crippen LogP contribution in [0.25, 0.3) is 5.73 Å². The molecule has 0 aromatic rings. The summed E-state index contributed by atoms with van der Waals surface area (Å²) in [4.78, 5) is 0. The maximum absolute atomic E-state index is 9.17. The summed E-state index contributed by atoms with van der Waals surface area (Å²) in [5.74, 6) is 0. The van der Waals surface area contributed by atoms with Crippen molar-refractivity contribution in [1.82, 2.24) is 0 Å². The Morgan fingerprint density at radius 1 is 1.11 bits per heavy atom. The van der Waals surface area contributed by atoms with Gasteiger partial charge in [-0.25, -0.2) is 0 Å². The van der Waals surface area contributed by atoms with Gasteiger partial charge < -0.3 is 10.8 Å². The van der Waals surface area contributed by atoms with Crippen molar-refractivity contribution in [2.45, 2.75) is 38.8 Å². The van der Waals surface area contributed by atoms with Crippen LogP contribution in [0.3, 0.4) is 0 Å². The average Bonchev–Trinajstić information content (AvgIpc) is 1.25. The Morgan fingerprint density at radius 2 is 1.22 bits per heavy atom. The first-order valence-corrected chi connectivity index (χ1v) is 2.72. The van der Waals surface area contributed by atoms with E-state index in [0.717, 1.165) is 0 Å². The van der Waals surface area contributed by atoms with Gasteiger partial charge in [-0.05, 0) is 13.8 Å². The van der Waals surface area contributed by atoms with E-state index in [4.69, 9.17) is 10.8 Å². The van der Waals surface area contributed by atoms with Gasteiger partial charge in [0.25, 0.3) is 0 Å². The van der Waals surface area contributed by atoms with Crippen LogP contribution < -0.4 is 0 Å². The van der Waals surface area contributed by atoms with E-state index in [1.165, 1.54) is 0 Å². The zero-order chi connectivity index (χ0) is 7.00. The molecule has 0 aliphatic carbocycles. The van der Waals surface area contributed by atoms with Crippen LogP contribution in [0.2, 0.25) is 0 Å². The van der Waals surface area contributed by atoms with Crippen molar-refractivity contribution >= 4 is 0 Å². The molecule has 0 aromatic heterocycles. The normalized spacial score (nSPS) is 12.7. The third-order valence-corrected chi connectivity index (χ3v) is 1.53. The average molecular weight is 302 g/mol. The molecule has 0 saturated carbocycles. The number of hydrogen-bond acceptors (Lipinski definition) is 1. The van der Waals surface area contributed by atoms with Gasteiger partial charge >= 0.3 is 0 Å². The molecule has 0 aromatic carbocycles. The number of nitrogens with one attached hydrogen (secondary N) is 1. The van der Waals surface area contributed by atoms with E-state index in [9.17, 15) is 0 Å². The molecule has 0 atom stereocenters. The van der Waals surface area contributed by atoms with Gasteiger partial charge in [0, 0.05) is 26.0 Å². The molecule has 0 aliphatic heterocycles. The summed E-state index contributed by atoms with van der Waals surface area (Å²) in [5, 5.41) is 9.17. The molecule has 2 nitrogen and oxygen atoms in total. The molecule has 57 valence electrons. The zero-order valence-electron chi connectivity index (χ0n) is 6.33. The fourth-order valence-corrected chi connectivity index (χ4v) is 0. The van der Waals surface area contributed by atoms with Gasteiger partial charge in [-0.15, -0.1) is 5.54 Å². The molecule has 0 heterocycles. The van der Waals surface area contributed by atoms with E-state index < -0.39 is 11.1 Å². The van der Waals surface area contributed by atoms with Crippen molar-refractivity contribution in [2.75, 3.05) is 0 Å². The van der Waals surface area contributed by atoms with Gasteiger partial charge in [0.05, 0.1) is 0 Å². The first-order chi connectivity index (χ1) is 3.25. The molecule has 0 bridgehead atoms. The summed E-state index contributed by atoms with van der Waals surface area (Å²) in [6.07, 6.45) is 0. The SMILES string of the molecule is CC(C)([NH-])C(C)(C)O.[Re]. The van der Waals surface area contributed by atoms with Crippen molar-refractivity contribution in [3.05, 3.63) is 5.73 Å². The molecule has 0 unspecified atom stereocenters. The predicted molar refractivity (Wildman–Crippen MR) is 34.7 cm³/mol. The van der Waals surface area contributed by atoms with Gasteiger partial charge in [-0.2, -0.15) is 0 Å². The molecule has 0 amide bonds. The van der Waals surface area contributed by atoms with Crippen LogP contribution in [-0.4, -0.2) is 16.2 Å². The molecular weight excluding hydrogens is 288 g/mol. The summed E-state index contributed by atoms with van der Waals surface area (Å²) < 4.78 is 0. The Morgan fingerprint density at radius 3 is 1.22 bits per heavy atom. The molecular formula is C6H14NORe-. The Labute approximate surface area is 70.5 Å². The molecule has 9 heavy (non-hydrogen) atoms. The monoisotopic (exact) mass is 303 g/mol. The molecule has 0 saturated heterocycles. The molecule has 0 rings (SSSR count). The Kier molecular flexibility index (Phi) is 4.25. The van der Waals surface area contributed by atoms with Crippen LogP contribution in [0.15, 0.2) is 0 Å². The minimum Gasteiger partial charge on any atom is -0.670 e. The molecule has 0 spiro atoms. The van der Waals surface area contributed by atoms with Crippen LogP contribution in [0, 0.1) is 0 Å². The van der Waals surface area contributed by atoms with Crippen LogP contribution in [-0.2, 0) is 20.4 Å². The maximum Gasteiger partial charge on any atom is 0.0454 e. The van der Waals surface area contributed by atoms with Gasteiger partial charge in [0.1, 0.15) is 0 Å². The predicted octanol–water partition coefficient (Wildman–Crippen LogP) is 1.59. The minimum absolute atomic E-state index is 0. The minimum atomic E-state index is -0.896. The van der Waals surface area contributed by atoms with E-state index in [1.54, 1.807) is 27.7 Å². The summed E-state index contributed by atoms with van der Waals surface area (Å²) in [6.45, 7) is 6.65. The molecule has 0 fully saturated rings. The Balaban J connectivity index is 0. The van der Waals surface area contributed by atoms with Crippen LogP contribution >= 0.6 is 0 Å². The maximum atomic E-state index is 9.17. The Hall–Kier alpha value is 0.582. The van der Waals surface area contributed by atoms with Gasteiger partial charge in [-0.3, -0.25) is 0 Å². The molecule has 0 aliphatic rings. The second-order valence-electron chi connectivity index (χ2n) is 3.18. The van der Waals surface area contributed by atoms with Gasteiger partial charge in [0.15, 0.2) is 0 Å². The number of rotatable bonds is 1. The largest absolute Gasteiger partial charge is 0.670 e. The van der Waals surface area contributed by atoms with E-state index >= 15 is 0 Å². The first-order valence-electron chi connectivity index (χ1n) is 2.72. The molecule has 1 radical (unpaired) electrons. The Bertz CT molecular complexity index is 68.0. The molecule has 3 heteroatoms. The summed E-state index contributed by atoms with van der Waals surface area (Å²) in [6, 6.07) is 0. The van der Waals surface area contributed by atoms with Crippen LogP contribution in [0.4, 0.5) is 0 Å². The van der Waals surface area contributed by atoms with Crippen molar-refractivity contribution in [3.8, 4) is 0 Å². The fourth-order valence-electron chi connectivity index (χ4n) is 0. The van der Waals surface area contributed by atoms with Crippen molar-refractivity contribution in [1.29, 1.82) is 0 Å². The number of aliphatic hydroxyl groups is 1. The molecule has 2 N–H and O–H groups in total. The smallest absolute Gasteiger partial charge is 0.0454 e. The van der Waals surface area contributed by atoms with E-state index in [-0.39, 0.29) is 20.4 Å². The standard InChI is InChI=1S/C6H14NO.Re/c1-5(2,7)6(3,4)8;/h7-8H,1-4H3;/q-1;. The third kappa shape index (κ3) is 4.05. The summed E-state index contributed by atoms with van der Waals surface area (Å²) >= 11 is 0. The zero-order valence-corrected chi connectivity index (χ0v) is 9.04. The summed E-state index contributed by atoms with van der Waals surface area (Å²) in [5.41, 5.74) is 5.68. The van der Waals surface area contributed by atoms with E-state index in [0.29, 0.717) is 0 Å². The topological polar surface area (TPSA) is 44.0 Å². The van der Waals surface area contributed by atoms with Crippen LogP contribution in [0.1, 0.15) is 27.7 Å². The van der Waals surface area contributed by atoms with Crippen molar-refractivity contribution in [2.24, 2.45) is 0 Å². The van der Waals surface area contributed by atoms with Gasteiger partial charge in [-0.1, -0.05) is 13.8 Å². The van der Waals surface area contributed by atoms with E-state index in [1.807, 2.05) is 0 Å². The van der Waals surface area contributed by atoms with Crippen LogP contribution in [0.5, 0.6) is 0 Å². The third-order valence-electron chi connectivity index (χ3n) is 1.53. The van der Waals surface area contributed by atoms with Crippen molar-refractivity contribution < 1.29 is 25.5 Å². The van der Waals surface area contributed by atoms with Crippen molar-refractivity contribution in [3.63, 3.8) is 0 Å². The second kappa shape index (κ2) is 3.12. The van der Waals surface area contributed by atoms with E-state index in [2.05, 4.69) is 0 Å². The quantitative estimate of drug-likeness (QED) is 0.785. The second-order valence-corrected chi connectivity index (χ2v) is 3.18. The first kappa shape index (κ1) is 12.3. The number of hydrogen-bond donors (Lipinski definition) is 1. The summed E-state index contributed by atoms with van der Waals surface area (Å²) in [7, 11) is 0. The fraction of sp³-hybridized carbons (Fsp3) is 1.00.